The van der Waals surface area contributed by atoms with Crippen molar-refractivity contribution in [2.24, 2.45) is 5.73 Å². The number of primary amides is 1. The maximum absolute atomic E-state index is 15.8. The lowest BCUT2D eigenvalue weighted by molar-refractivity contribution is -0.136. The van der Waals surface area contributed by atoms with Gasteiger partial charge in [-0.05, 0) is 134 Å². The van der Waals surface area contributed by atoms with E-state index in [0.29, 0.717) is 78.5 Å². The molecule has 14 heteroatoms. The van der Waals surface area contributed by atoms with Crippen LogP contribution in [-0.4, -0.2) is 92.3 Å². The molecule has 1 aliphatic carbocycles. The SMILES string of the molecule is Cc1cc(F)c(Nc2nc(-c3ccc4c(c3)N([C@H]3C[C@@H](N5CCCCC5)C3)C(=O)C43CCN(C(=O)CCCCCCCC(N)=O)CC3)cc3ncn(C(C)C)c23)cc1C(=O)NC(C)C. The first-order valence-corrected chi connectivity index (χ1v) is 23.8. The summed E-state index contributed by atoms with van der Waals surface area (Å²) in [7, 11) is 0. The van der Waals surface area contributed by atoms with Gasteiger partial charge in [0.2, 0.25) is 17.7 Å². The molecule has 64 heavy (non-hydrogen) atoms. The number of likely N-dealkylation sites (tertiary alicyclic amines) is 2. The summed E-state index contributed by atoms with van der Waals surface area (Å²) in [4.78, 5) is 69.3. The van der Waals surface area contributed by atoms with Crippen LogP contribution in [-0.2, 0) is 19.8 Å². The van der Waals surface area contributed by atoms with Gasteiger partial charge in [0.15, 0.2) is 5.82 Å². The van der Waals surface area contributed by atoms with Gasteiger partial charge in [-0.25, -0.2) is 14.4 Å². The van der Waals surface area contributed by atoms with E-state index in [1.165, 1.54) is 25.3 Å². The van der Waals surface area contributed by atoms with Crippen LogP contribution in [0.15, 0.2) is 42.7 Å². The summed E-state index contributed by atoms with van der Waals surface area (Å²) < 4.78 is 17.8. The monoisotopic (exact) mass is 876 g/mol. The molecule has 1 spiro atoms. The number of piperidine rings is 2. The quantitative estimate of drug-likeness (QED) is 0.0947. The largest absolute Gasteiger partial charge is 0.370 e. The van der Waals surface area contributed by atoms with Crippen LogP contribution in [0.4, 0.5) is 21.6 Å². The first-order chi connectivity index (χ1) is 30.7. The van der Waals surface area contributed by atoms with E-state index >= 15 is 9.18 Å². The number of hydrogen-bond acceptors (Lipinski definition) is 8. The van der Waals surface area contributed by atoms with Crippen LogP contribution in [0.3, 0.4) is 0 Å². The van der Waals surface area contributed by atoms with E-state index in [1.807, 2.05) is 35.4 Å². The fourth-order valence-electron chi connectivity index (χ4n) is 10.5. The number of carbonyl (C=O) groups excluding carboxylic acids is 4. The van der Waals surface area contributed by atoms with Gasteiger partial charge in [-0.1, -0.05) is 37.8 Å². The smallest absolute Gasteiger partial charge is 0.251 e. The number of fused-ring (bicyclic) bond motifs is 3. The molecule has 342 valence electrons. The van der Waals surface area contributed by atoms with Crippen LogP contribution in [0.2, 0.25) is 0 Å². The molecule has 3 aliphatic heterocycles. The molecule has 0 unspecified atom stereocenters. The molecule has 2 aromatic carbocycles. The summed E-state index contributed by atoms with van der Waals surface area (Å²) in [5, 5.41) is 6.19. The first-order valence-electron chi connectivity index (χ1n) is 23.8. The van der Waals surface area contributed by atoms with Crippen molar-refractivity contribution in [2.75, 3.05) is 36.4 Å². The highest BCUT2D eigenvalue weighted by Gasteiger charge is 2.56. The molecule has 0 bridgehead atoms. The second-order valence-electron chi connectivity index (χ2n) is 19.3. The van der Waals surface area contributed by atoms with E-state index in [4.69, 9.17) is 15.7 Å². The number of benzene rings is 2. The van der Waals surface area contributed by atoms with Gasteiger partial charge < -0.3 is 35.6 Å². The summed E-state index contributed by atoms with van der Waals surface area (Å²) in [5.41, 5.74) is 10.3. The van der Waals surface area contributed by atoms with Gasteiger partial charge in [0.1, 0.15) is 11.3 Å². The van der Waals surface area contributed by atoms with Crippen molar-refractivity contribution in [3.8, 4) is 11.3 Å². The van der Waals surface area contributed by atoms with Crippen molar-refractivity contribution in [1.29, 1.82) is 0 Å². The molecule has 8 rings (SSSR count). The molecular formula is C50H66FN9O4. The molecule has 2 aromatic heterocycles. The van der Waals surface area contributed by atoms with Gasteiger partial charge in [0.25, 0.3) is 5.91 Å². The van der Waals surface area contributed by atoms with Crippen molar-refractivity contribution in [1.82, 2.24) is 29.7 Å². The number of nitrogens with two attached hydrogens (primary N) is 1. The van der Waals surface area contributed by atoms with E-state index in [-0.39, 0.29) is 47.4 Å². The highest BCUT2D eigenvalue weighted by atomic mass is 19.1. The number of halogens is 1. The highest BCUT2D eigenvalue weighted by molar-refractivity contribution is 6.09. The number of aryl methyl sites for hydroxylation is 1. The molecule has 13 nitrogen and oxygen atoms in total. The van der Waals surface area contributed by atoms with Crippen molar-refractivity contribution in [2.45, 2.75) is 154 Å². The third-order valence-electron chi connectivity index (χ3n) is 14.2. The Morgan fingerprint density at radius 1 is 0.891 bits per heavy atom. The van der Waals surface area contributed by atoms with Crippen LogP contribution in [0.1, 0.15) is 145 Å². The standard InChI is InChI=1S/C50H66FN9O4/c1-31(2)54-48(63)37-28-41(39(51)24-33(37)5)56-47-46-42(53-30-59(46)32(3)4)29-40(55-47)34-16-17-38-43(25-34)60(36-26-35(27-36)57-20-12-9-13-21-57)49(64)50(38)18-22-58(23-19-50)45(62)15-11-8-6-7-10-14-44(52)61/h16-17,24-25,28-32,35-36H,6-15,18-23,26-27H2,1-5H3,(H2,52,61)(H,54,63)(H,55,56)/t35-,36+. The van der Waals surface area contributed by atoms with Crippen LogP contribution >= 0.6 is 0 Å². The van der Waals surface area contributed by atoms with Gasteiger partial charge in [-0.15, -0.1) is 0 Å². The van der Waals surface area contributed by atoms with Gasteiger partial charge >= 0.3 is 0 Å². The van der Waals surface area contributed by atoms with E-state index in [0.717, 1.165) is 74.8 Å². The maximum atomic E-state index is 15.8. The number of hydrogen-bond donors (Lipinski definition) is 3. The number of aromatic nitrogens is 3. The minimum absolute atomic E-state index is 0.0350. The Labute approximate surface area is 376 Å². The molecule has 0 atom stereocenters. The number of imidazole rings is 1. The molecule has 1 saturated carbocycles. The fraction of sp³-hybridized carbons (Fsp3) is 0.560. The third kappa shape index (κ3) is 9.12. The number of carbonyl (C=O) groups is 4. The summed E-state index contributed by atoms with van der Waals surface area (Å²) in [6.45, 7) is 12.9. The topological polar surface area (TPSA) is 159 Å². The van der Waals surface area contributed by atoms with Crippen molar-refractivity contribution >= 4 is 51.9 Å². The maximum Gasteiger partial charge on any atom is 0.251 e. The Kier molecular flexibility index (Phi) is 13.4. The Morgan fingerprint density at radius 3 is 2.28 bits per heavy atom. The molecule has 0 radical (unpaired) electrons. The summed E-state index contributed by atoms with van der Waals surface area (Å²) in [6.07, 6.45) is 13.8. The Bertz CT molecular complexity index is 2390. The lowest BCUT2D eigenvalue weighted by Crippen LogP contribution is -2.58. The average Bonchev–Trinajstić information content (AvgIpc) is 3.78. The van der Waals surface area contributed by atoms with Crippen LogP contribution in [0.25, 0.3) is 22.3 Å². The molecule has 4 N–H and O–H groups in total. The zero-order valence-electron chi connectivity index (χ0n) is 38.4. The number of pyridine rings is 1. The predicted molar refractivity (Wildman–Crippen MR) is 249 cm³/mol. The van der Waals surface area contributed by atoms with Crippen LogP contribution in [0.5, 0.6) is 0 Å². The minimum Gasteiger partial charge on any atom is -0.370 e. The normalized spacial score (nSPS) is 19.7. The Morgan fingerprint density at radius 2 is 1.59 bits per heavy atom. The number of amides is 4. The Hall–Kier alpha value is -5.37. The summed E-state index contributed by atoms with van der Waals surface area (Å²) in [6, 6.07) is 11.6. The fourth-order valence-corrected chi connectivity index (χ4v) is 10.5. The number of anilines is 3. The zero-order chi connectivity index (χ0) is 45.3. The summed E-state index contributed by atoms with van der Waals surface area (Å²) >= 11 is 0. The summed E-state index contributed by atoms with van der Waals surface area (Å²) in [5.74, 6) is -0.370. The predicted octanol–water partition coefficient (Wildman–Crippen LogP) is 8.45. The minimum atomic E-state index is -0.718. The van der Waals surface area contributed by atoms with Crippen LogP contribution < -0.4 is 21.3 Å². The molecule has 4 aromatic rings. The van der Waals surface area contributed by atoms with Crippen LogP contribution in [0, 0.1) is 12.7 Å². The lowest BCUT2D eigenvalue weighted by Gasteiger charge is -2.48. The zero-order valence-corrected chi connectivity index (χ0v) is 38.4. The van der Waals surface area contributed by atoms with Gasteiger partial charge in [-0.2, -0.15) is 0 Å². The van der Waals surface area contributed by atoms with Crippen molar-refractivity contribution in [3.05, 3.63) is 65.2 Å². The van der Waals surface area contributed by atoms with E-state index < -0.39 is 11.2 Å². The van der Waals surface area contributed by atoms with Crippen molar-refractivity contribution in [3.63, 3.8) is 0 Å². The lowest BCUT2D eigenvalue weighted by atomic mass is 9.73. The highest BCUT2D eigenvalue weighted by Crippen LogP contribution is 2.52. The molecule has 5 heterocycles. The van der Waals surface area contributed by atoms with E-state index in [9.17, 15) is 14.4 Å². The van der Waals surface area contributed by atoms with Crippen molar-refractivity contribution < 1.29 is 23.6 Å². The Balaban J connectivity index is 1.09. The molecule has 2 saturated heterocycles. The second kappa shape index (κ2) is 19.0. The molecule has 3 fully saturated rings. The van der Waals surface area contributed by atoms with Gasteiger partial charge in [0.05, 0.1) is 28.6 Å². The number of nitrogens with one attached hydrogen (secondary N) is 2. The number of nitrogens with zero attached hydrogens (tertiary/aromatic N) is 6. The first kappa shape index (κ1) is 45.2. The molecule has 4 aliphatic rings. The van der Waals surface area contributed by atoms with E-state index in [1.54, 1.807) is 19.3 Å². The molecule has 4 amide bonds. The molecular weight excluding hydrogens is 810 g/mol. The average molecular weight is 876 g/mol. The second-order valence-corrected chi connectivity index (χ2v) is 19.3. The van der Waals surface area contributed by atoms with Gasteiger partial charge in [0, 0.05) is 66.9 Å². The number of unbranched alkanes of at least 4 members (excludes halogenated alkanes) is 4. The van der Waals surface area contributed by atoms with Gasteiger partial charge in [-0.3, -0.25) is 19.2 Å². The van der Waals surface area contributed by atoms with E-state index in [2.05, 4.69) is 46.4 Å². The number of rotatable bonds is 16. The third-order valence-corrected chi connectivity index (χ3v) is 14.2.